The fourth-order valence-electron chi connectivity index (χ4n) is 2.46. The van der Waals surface area contributed by atoms with Gasteiger partial charge in [0.1, 0.15) is 11.3 Å². The number of aromatic nitrogens is 8. The van der Waals surface area contributed by atoms with Gasteiger partial charge in [-0.15, -0.1) is 5.10 Å². The van der Waals surface area contributed by atoms with Gasteiger partial charge in [0, 0.05) is 24.2 Å². The van der Waals surface area contributed by atoms with Crippen LogP contribution >= 0.6 is 0 Å². The SMILES string of the molecule is Cc1ncc(Cn2nc(-c3nc(C(F)(F)F)n[nH]3)c3ncccc32)cn1. The molecule has 0 aromatic carbocycles. The van der Waals surface area contributed by atoms with Crippen LogP contribution in [0.2, 0.25) is 0 Å². The Labute approximate surface area is 144 Å². The van der Waals surface area contributed by atoms with Crippen LogP contribution in [0, 0.1) is 6.92 Å². The van der Waals surface area contributed by atoms with Gasteiger partial charge in [-0.1, -0.05) is 0 Å². The van der Waals surface area contributed by atoms with Gasteiger partial charge in [-0.2, -0.15) is 18.3 Å². The number of hydrogen-bond donors (Lipinski definition) is 1. The van der Waals surface area contributed by atoms with E-state index in [9.17, 15) is 13.2 Å². The summed E-state index contributed by atoms with van der Waals surface area (Å²) >= 11 is 0. The topological polar surface area (TPSA) is 98.1 Å². The van der Waals surface area contributed by atoms with Gasteiger partial charge >= 0.3 is 6.18 Å². The number of rotatable bonds is 3. The first kappa shape index (κ1) is 16.1. The molecule has 26 heavy (non-hydrogen) atoms. The van der Waals surface area contributed by atoms with E-state index in [-0.39, 0.29) is 11.5 Å². The lowest BCUT2D eigenvalue weighted by molar-refractivity contribution is -0.144. The minimum atomic E-state index is -4.64. The van der Waals surface area contributed by atoms with Crippen molar-refractivity contribution in [3.05, 3.63) is 47.9 Å². The van der Waals surface area contributed by atoms with Crippen LogP contribution in [0.5, 0.6) is 0 Å². The molecule has 0 amide bonds. The highest BCUT2D eigenvalue weighted by atomic mass is 19.4. The number of alkyl halides is 3. The lowest BCUT2D eigenvalue weighted by Crippen LogP contribution is -2.07. The third-order valence-corrected chi connectivity index (χ3v) is 3.64. The fourth-order valence-corrected chi connectivity index (χ4v) is 2.46. The molecule has 0 atom stereocenters. The molecule has 8 nitrogen and oxygen atoms in total. The summed E-state index contributed by atoms with van der Waals surface area (Å²) in [5.74, 6) is -0.708. The molecule has 11 heteroatoms. The number of H-pyrrole nitrogens is 1. The lowest BCUT2D eigenvalue weighted by Gasteiger charge is -2.03. The Kier molecular flexibility index (Phi) is 3.63. The predicted molar refractivity (Wildman–Crippen MR) is 83.8 cm³/mol. The number of fused-ring (bicyclic) bond motifs is 1. The summed E-state index contributed by atoms with van der Waals surface area (Å²) in [6.45, 7) is 2.11. The first-order valence-corrected chi connectivity index (χ1v) is 7.51. The molecule has 0 bridgehead atoms. The fraction of sp³-hybridized carbons (Fsp3) is 0.200. The van der Waals surface area contributed by atoms with E-state index in [4.69, 9.17) is 0 Å². The smallest absolute Gasteiger partial charge is 0.258 e. The van der Waals surface area contributed by atoms with Gasteiger partial charge in [-0.3, -0.25) is 14.8 Å². The van der Waals surface area contributed by atoms with Gasteiger partial charge in [0.15, 0.2) is 11.5 Å². The van der Waals surface area contributed by atoms with Crippen LogP contribution in [-0.2, 0) is 12.7 Å². The summed E-state index contributed by atoms with van der Waals surface area (Å²) in [7, 11) is 0. The maximum absolute atomic E-state index is 12.8. The number of nitrogens with zero attached hydrogens (tertiary/aromatic N) is 7. The Balaban J connectivity index is 1.79. The number of nitrogens with one attached hydrogen (secondary N) is 1. The average Bonchev–Trinajstić information content (AvgIpc) is 3.22. The predicted octanol–water partition coefficient (Wildman–Crippen LogP) is 2.38. The Hall–Kier alpha value is -3.37. The molecule has 0 aliphatic rings. The number of aryl methyl sites for hydroxylation is 1. The van der Waals surface area contributed by atoms with Crippen molar-refractivity contribution in [1.82, 2.24) is 39.9 Å². The van der Waals surface area contributed by atoms with E-state index >= 15 is 0 Å². The van der Waals surface area contributed by atoms with Crippen molar-refractivity contribution < 1.29 is 13.2 Å². The van der Waals surface area contributed by atoms with E-state index in [0.29, 0.717) is 23.4 Å². The zero-order chi connectivity index (χ0) is 18.3. The molecule has 0 radical (unpaired) electrons. The molecule has 1 N–H and O–H groups in total. The summed E-state index contributed by atoms with van der Waals surface area (Å²) in [6.07, 6.45) is 0.234. The maximum atomic E-state index is 12.8. The van der Waals surface area contributed by atoms with Crippen molar-refractivity contribution in [2.45, 2.75) is 19.6 Å². The summed E-state index contributed by atoms with van der Waals surface area (Å²) in [4.78, 5) is 16.0. The molecule has 4 rings (SSSR count). The number of hydrogen-bond acceptors (Lipinski definition) is 6. The molecule has 4 aromatic heterocycles. The normalized spacial score (nSPS) is 12.0. The van der Waals surface area contributed by atoms with Crippen LogP contribution in [0.25, 0.3) is 22.6 Å². The van der Waals surface area contributed by atoms with Crippen LogP contribution in [0.4, 0.5) is 13.2 Å². The Morgan fingerprint density at radius 3 is 2.62 bits per heavy atom. The average molecular weight is 360 g/mol. The molecule has 0 unspecified atom stereocenters. The van der Waals surface area contributed by atoms with Crippen LogP contribution in [-0.4, -0.2) is 39.9 Å². The molecule has 0 saturated carbocycles. The van der Waals surface area contributed by atoms with Gasteiger partial charge < -0.3 is 0 Å². The van der Waals surface area contributed by atoms with Gasteiger partial charge in [0.25, 0.3) is 5.82 Å². The molecule has 4 heterocycles. The van der Waals surface area contributed by atoms with E-state index in [1.807, 2.05) is 0 Å². The molecule has 0 saturated heterocycles. The highest BCUT2D eigenvalue weighted by Gasteiger charge is 2.36. The molecule has 0 spiro atoms. The first-order valence-electron chi connectivity index (χ1n) is 7.51. The standard InChI is InChI=1S/C15H11F3N8/c1-8-20-5-9(6-21-8)7-26-10-3-2-4-19-11(10)12(25-26)13-22-14(24-23-13)15(16,17)18/h2-6H,7H2,1H3,(H,22,23,24). The quantitative estimate of drug-likeness (QED) is 0.602. The number of halogens is 3. The van der Waals surface area contributed by atoms with E-state index in [0.717, 1.165) is 5.56 Å². The highest BCUT2D eigenvalue weighted by molar-refractivity contribution is 5.87. The van der Waals surface area contributed by atoms with Crippen molar-refractivity contribution in [3.8, 4) is 11.5 Å². The Morgan fingerprint density at radius 1 is 1.15 bits per heavy atom. The van der Waals surface area contributed by atoms with Crippen LogP contribution in [0.1, 0.15) is 17.2 Å². The number of pyridine rings is 1. The molecule has 0 aliphatic heterocycles. The van der Waals surface area contributed by atoms with Crippen LogP contribution < -0.4 is 0 Å². The number of aromatic amines is 1. The third kappa shape index (κ3) is 2.87. The summed E-state index contributed by atoms with van der Waals surface area (Å²) in [5, 5.41) is 9.87. The van der Waals surface area contributed by atoms with Gasteiger partial charge in [0.05, 0.1) is 12.1 Å². The second kappa shape index (κ2) is 5.86. The van der Waals surface area contributed by atoms with Gasteiger partial charge in [-0.05, 0) is 19.1 Å². The molecular formula is C15H11F3N8. The second-order valence-corrected chi connectivity index (χ2v) is 5.52. The third-order valence-electron chi connectivity index (χ3n) is 3.64. The van der Waals surface area contributed by atoms with E-state index in [1.165, 1.54) is 6.20 Å². The minimum Gasteiger partial charge on any atom is -0.258 e. The van der Waals surface area contributed by atoms with Gasteiger partial charge in [0.2, 0.25) is 0 Å². The van der Waals surface area contributed by atoms with Crippen molar-refractivity contribution in [1.29, 1.82) is 0 Å². The van der Waals surface area contributed by atoms with Crippen LogP contribution in [0.15, 0.2) is 30.7 Å². The summed E-state index contributed by atoms with van der Waals surface area (Å²) in [5.41, 5.74) is 2.05. The zero-order valence-corrected chi connectivity index (χ0v) is 13.4. The van der Waals surface area contributed by atoms with Crippen LogP contribution in [0.3, 0.4) is 0 Å². The Morgan fingerprint density at radius 2 is 1.92 bits per heavy atom. The molecule has 0 aliphatic carbocycles. The molecular weight excluding hydrogens is 349 g/mol. The monoisotopic (exact) mass is 360 g/mol. The molecule has 0 fully saturated rings. The Bertz CT molecular complexity index is 1060. The van der Waals surface area contributed by atoms with Crippen molar-refractivity contribution in [3.63, 3.8) is 0 Å². The van der Waals surface area contributed by atoms with E-state index in [1.54, 1.807) is 36.1 Å². The largest absolute Gasteiger partial charge is 0.453 e. The second-order valence-electron chi connectivity index (χ2n) is 5.52. The highest BCUT2D eigenvalue weighted by Crippen LogP contribution is 2.29. The van der Waals surface area contributed by atoms with E-state index < -0.39 is 12.0 Å². The van der Waals surface area contributed by atoms with Gasteiger partial charge in [-0.25, -0.2) is 15.0 Å². The van der Waals surface area contributed by atoms with E-state index in [2.05, 4.69) is 35.2 Å². The zero-order valence-electron chi connectivity index (χ0n) is 13.4. The maximum Gasteiger partial charge on any atom is 0.453 e. The summed E-state index contributed by atoms with van der Waals surface area (Å²) < 4.78 is 39.9. The minimum absolute atomic E-state index is 0.0973. The first-order chi connectivity index (χ1) is 12.4. The molecule has 132 valence electrons. The van der Waals surface area contributed by atoms with Crippen molar-refractivity contribution in [2.24, 2.45) is 0 Å². The van der Waals surface area contributed by atoms with Crippen molar-refractivity contribution >= 4 is 11.0 Å². The molecule has 4 aromatic rings. The lowest BCUT2D eigenvalue weighted by atomic mass is 10.3. The summed E-state index contributed by atoms with van der Waals surface area (Å²) in [6, 6.07) is 3.49. The van der Waals surface area contributed by atoms with Crippen molar-refractivity contribution in [2.75, 3.05) is 0 Å².